The van der Waals surface area contributed by atoms with Crippen LogP contribution < -0.4 is 16.4 Å². The van der Waals surface area contributed by atoms with Crippen molar-refractivity contribution in [2.24, 2.45) is 5.73 Å². The first-order chi connectivity index (χ1) is 5.15. The molecule has 11 heavy (non-hydrogen) atoms. The maximum absolute atomic E-state index is 10.9. The molecule has 0 spiro atoms. The van der Waals surface area contributed by atoms with Gasteiger partial charge in [0.1, 0.15) is 5.54 Å². The predicted molar refractivity (Wildman–Crippen MR) is 42.1 cm³/mol. The lowest BCUT2D eigenvalue weighted by molar-refractivity contribution is -0.123. The van der Waals surface area contributed by atoms with E-state index in [0.29, 0.717) is 6.54 Å². The first kappa shape index (κ1) is 8.49. The Morgan fingerprint density at radius 1 is 1.73 bits per heavy atom. The number of nitrogens with two attached hydrogens (primary N) is 1. The van der Waals surface area contributed by atoms with E-state index < -0.39 is 5.54 Å². The average Bonchev–Trinajstić information content (AvgIpc) is 2.15. The summed E-state index contributed by atoms with van der Waals surface area (Å²) >= 11 is 0. The van der Waals surface area contributed by atoms with Gasteiger partial charge in [0.2, 0.25) is 5.91 Å². The van der Waals surface area contributed by atoms with Gasteiger partial charge < -0.3 is 11.1 Å². The first-order valence-electron chi connectivity index (χ1n) is 3.84. The Bertz CT molecular complexity index is 150. The van der Waals surface area contributed by atoms with Crippen LogP contribution in [0.4, 0.5) is 0 Å². The Hall–Kier alpha value is -0.610. The summed E-state index contributed by atoms with van der Waals surface area (Å²) in [6.07, 6.45) is 0.989. The molecule has 1 unspecified atom stereocenters. The summed E-state index contributed by atoms with van der Waals surface area (Å²) in [5.74, 6) is -0.341. The van der Waals surface area contributed by atoms with Crippen LogP contribution in [-0.2, 0) is 4.79 Å². The molecule has 0 aliphatic carbocycles. The fourth-order valence-electron chi connectivity index (χ4n) is 1.08. The van der Waals surface area contributed by atoms with Gasteiger partial charge >= 0.3 is 0 Å². The highest BCUT2D eigenvalue weighted by Crippen LogP contribution is 2.05. The van der Waals surface area contributed by atoms with Crippen LogP contribution in [0.1, 0.15) is 13.3 Å². The minimum Gasteiger partial charge on any atom is -0.368 e. The van der Waals surface area contributed by atoms with Crippen molar-refractivity contribution in [2.75, 3.05) is 19.6 Å². The van der Waals surface area contributed by atoms with E-state index >= 15 is 0 Å². The molecule has 0 saturated carbocycles. The van der Waals surface area contributed by atoms with Crippen molar-refractivity contribution < 1.29 is 4.79 Å². The number of rotatable bonds is 1. The Morgan fingerprint density at radius 3 is 3.09 bits per heavy atom. The number of amides is 1. The number of carbonyl (C=O) groups excluding carboxylic acids is 1. The van der Waals surface area contributed by atoms with Crippen molar-refractivity contribution in [1.82, 2.24) is 10.6 Å². The summed E-state index contributed by atoms with van der Waals surface area (Å²) < 4.78 is 0. The van der Waals surface area contributed by atoms with E-state index in [-0.39, 0.29) is 5.91 Å². The van der Waals surface area contributed by atoms with Crippen molar-refractivity contribution in [3.05, 3.63) is 0 Å². The molecule has 1 fully saturated rings. The highest BCUT2D eigenvalue weighted by molar-refractivity contribution is 5.84. The van der Waals surface area contributed by atoms with Crippen molar-refractivity contribution >= 4 is 5.91 Å². The van der Waals surface area contributed by atoms with Gasteiger partial charge in [0.15, 0.2) is 0 Å². The maximum Gasteiger partial charge on any atom is 0.240 e. The molecule has 1 radical (unpaired) electrons. The van der Waals surface area contributed by atoms with Gasteiger partial charge in [-0.3, -0.25) is 4.79 Å². The predicted octanol–water partition coefficient (Wildman–Crippen LogP) is -1.17. The molecule has 0 aromatic heterocycles. The van der Waals surface area contributed by atoms with Gasteiger partial charge in [-0.25, -0.2) is 5.32 Å². The van der Waals surface area contributed by atoms with Crippen LogP contribution in [-0.4, -0.2) is 31.1 Å². The normalized spacial score (nSPS) is 32.8. The quantitative estimate of drug-likeness (QED) is 0.502. The molecule has 4 heteroatoms. The van der Waals surface area contributed by atoms with Gasteiger partial charge in [0.25, 0.3) is 0 Å². The molecule has 1 heterocycles. The third kappa shape index (κ3) is 1.91. The smallest absolute Gasteiger partial charge is 0.240 e. The lowest BCUT2D eigenvalue weighted by Gasteiger charge is -2.22. The second-order valence-electron chi connectivity index (χ2n) is 3.05. The fourth-order valence-corrected chi connectivity index (χ4v) is 1.08. The molecule has 4 nitrogen and oxygen atoms in total. The molecule has 3 N–H and O–H groups in total. The second-order valence-corrected chi connectivity index (χ2v) is 3.05. The topological polar surface area (TPSA) is 69.2 Å². The van der Waals surface area contributed by atoms with Gasteiger partial charge in [-0.2, -0.15) is 0 Å². The molecule has 0 aromatic carbocycles. The van der Waals surface area contributed by atoms with Gasteiger partial charge in [-0.15, -0.1) is 0 Å². The molecule has 1 aliphatic heterocycles. The molecule has 0 aromatic rings. The van der Waals surface area contributed by atoms with E-state index in [0.717, 1.165) is 19.5 Å². The first-order valence-corrected chi connectivity index (χ1v) is 3.84. The highest BCUT2D eigenvalue weighted by atomic mass is 16.1. The van der Waals surface area contributed by atoms with Crippen LogP contribution in [0.25, 0.3) is 0 Å². The van der Waals surface area contributed by atoms with E-state index in [1.807, 2.05) is 0 Å². The molecule has 63 valence electrons. The summed E-state index contributed by atoms with van der Waals surface area (Å²) in [7, 11) is 0. The molecule has 1 saturated heterocycles. The zero-order valence-electron chi connectivity index (χ0n) is 6.76. The van der Waals surface area contributed by atoms with Crippen molar-refractivity contribution in [2.45, 2.75) is 18.9 Å². The zero-order valence-corrected chi connectivity index (χ0v) is 6.76. The Morgan fingerprint density at radius 2 is 2.45 bits per heavy atom. The van der Waals surface area contributed by atoms with Crippen LogP contribution in [0, 0.1) is 0 Å². The highest BCUT2D eigenvalue weighted by Gasteiger charge is 2.32. The number of carbonyl (C=O) groups is 1. The van der Waals surface area contributed by atoms with Gasteiger partial charge in [-0.1, -0.05) is 0 Å². The van der Waals surface area contributed by atoms with E-state index in [2.05, 4.69) is 10.6 Å². The van der Waals surface area contributed by atoms with E-state index in [1.165, 1.54) is 0 Å². The summed E-state index contributed by atoms with van der Waals surface area (Å²) in [6, 6.07) is 0. The lowest BCUT2D eigenvalue weighted by Crippen LogP contribution is -2.53. The summed E-state index contributed by atoms with van der Waals surface area (Å²) in [6.45, 7) is 3.99. The monoisotopic (exact) mass is 156 g/mol. The summed E-state index contributed by atoms with van der Waals surface area (Å²) in [4.78, 5) is 10.9. The van der Waals surface area contributed by atoms with Crippen LogP contribution in [0.3, 0.4) is 0 Å². The number of nitrogens with one attached hydrogen (secondary N) is 1. The minimum absolute atomic E-state index is 0.341. The fraction of sp³-hybridized carbons (Fsp3) is 0.857. The third-order valence-electron chi connectivity index (χ3n) is 1.97. The van der Waals surface area contributed by atoms with E-state index in [9.17, 15) is 4.79 Å². The lowest BCUT2D eigenvalue weighted by atomic mass is 10.0. The number of nitrogens with zero attached hydrogens (tertiary/aromatic N) is 1. The van der Waals surface area contributed by atoms with Crippen LogP contribution >= 0.6 is 0 Å². The van der Waals surface area contributed by atoms with E-state index in [4.69, 9.17) is 5.73 Å². The van der Waals surface area contributed by atoms with Crippen molar-refractivity contribution in [3.8, 4) is 0 Å². The molecule has 0 bridgehead atoms. The third-order valence-corrected chi connectivity index (χ3v) is 1.97. The standard InChI is InChI=1S/C7H14N3O/c1-7(6(8)11)5-9-3-2-4-10-7/h9H,2-5H2,1H3,(H2,8,11). The maximum atomic E-state index is 10.9. The van der Waals surface area contributed by atoms with E-state index in [1.54, 1.807) is 6.92 Å². The van der Waals surface area contributed by atoms with Crippen LogP contribution in [0.5, 0.6) is 0 Å². The summed E-state index contributed by atoms with van der Waals surface area (Å²) in [5, 5.41) is 7.34. The minimum atomic E-state index is -0.684. The second kappa shape index (κ2) is 3.19. The van der Waals surface area contributed by atoms with Crippen molar-refractivity contribution in [1.29, 1.82) is 0 Å². The zero-order chi connectivity index (χ0) is 8.32. The van der Waals surface area contributed by atoms with Crippen LogP contribution in [0.15, 0.2) is 0 Å². The molecule has 1 rings (SSSR count). The molecular weight excluding hydrogens is 142 g/mol. The summed E-state index contributed by atoms with van der Waals surface area (Å²) in [5.41, 5.74) is 4.51. The Labute approximate surface area is 66.5 Å². The molecule has 1 aliphatic rings. The molecular formula is C7H14N3O. The van der Waals surface area contributed by atoms with Gasteiger partial charge in [-0.05, 0) is 19.9 Å². The molecule has 1 amide bonds. The average molecular weight is 156 g/mol. The number of hydrogen-bond donors (Lipinski definition) is 2. The van der Waals surface area contributed by atoms with Crippen molar-refractivity contribution in [3.63, 3.8) is 0 Å². The number of hydrogen-bond acceptors (Lipinski definition) is 2. The SMILES string of the molecule is CC1(C(N)=O)CNCCC[N]1. The number of primary amides is 1. The van der Waals surface area contributed by atoms with Crippen LogP contribution in [0.2, 0.25) is 0 Å². The van der Waals surface area contributed by atoms with Gasteiger partial charge in [0.05, 0.1) is 0 Å². The largest absolute Gasteiger partial charge is 0.368 e. The molecule has 1 atom stereocenters. The Balaban J connectivity index is 2.59. The Kier molecular flexibility index (Phi) is 2.46. The van der Waals surface area contributed by atoms with Gasteiger partial charge in [0, 0.05) is 13.1 Å².